The van der Waals surface area contributed by atoms with Crippen molar-refractivity contribution in [3.05, 3.63) is 36.8 Å². The van der Waals surface area contributed by atoms with Gasteiger partial charge in [0.2, 0.25) is 0 Å². The number of nitrogens with one attached hydrogen (secondary N) is 3. The summed E-state index contributed by atoms with van der Waals surface area (Å²) in [5.74, 6) is -0.104. The first kappa shape index (κ1) is 18.3. The van der Waals surface area contributed by atoms with Gasteiger partial charge in [0.15, 0.2) is 10.7 Å². The summed E-state index contributed by atoms with van der Waals surface area (Å²) in [6, 6.07) is 6.90. The first-order valence-electron chi connectivity index (χ1n) is 7.33. The zero-order valence-corrected chi connectivity index (χ0v) is 13.7. The number of benzene rings is 1. The normalized spacial score (nSPS) is 12.0. The summed E-state index contributed by atoms with van der Waals surface area (Å²) in [7, 11) is -2.47. The quantitative estimate of drug-likeness (QED) is 0.522. The average Bonchev–Trinajstić information content (AvgIpc) is 2.49. The van der Waals surface area contributed by atoms with Gasteiger partial charge in [-0.05, 0) is 31.0 Å². The van der Waals surface area contributed by atoms with Crippen LogP contribution in [0.2, 0.25) is 0 Å². The predicted molar refractivity (Wildman–Crippen MR) is 89.3 cm³/mol. The second-order valence-electron chi connectivity index (χ2n) is 5.03. The number of carbonyl (C=O) groups excluding carboxylic acids is 1. The van der Waals surface area contributed by atoms with Crippen LogP contribution in [0.3, 0.4) is 0 Å². The Balaban J connectivity index is 2.40. The van der Waals surface area contributed by atoms with Crippen molar-refractivity contribution >= 4 is 22.4 Å². The van der Waals surface area contributed by atoms with Gasteiger partial charge < -0.3 is 16.0 Å². The molecule has 0 spiro atoms. The van der Waals surface area contributed by atoms with Gasteiger partial charge in [-0.2, -0.15) is 0 Å². The van der Waals surface area contributed by atoms with Crippen molar-refractivity contribution in [2.45, 2.75) is 38.8 Å². The molecule has 6 nitrogen and oxygen atoms in total. The van der Waals surface area contributed by atoms with E-state index in [1.807, 2.05) is 6.07 Å². The number of rotatable bonds is 9. The lowest BCUT2D eigenvalue weighted by molar-refractivity contribution is 0.237. The number of carbonyl (C=O) groups is 1. The zero-order valence-electron chi connectivity index (χ0n) is 12.8. The molecular formula is C15H24N3O3S. The van der Waals surface area contributed by atoms with E-state index in [1.54, 1.807) is 18.2 Å². The molecule has 0 aliphatic heterocycles. The third kappa shape index (κ3) is 7.87. The monoisotopic (exact) mass is 326 g/mol. The summed E-state index contributed by atoms with van der Waals surface area (Å²) in [5, 5.41) is 8.34. The van der Waals surface area contributed by atoms with Crippen LogP contribution in [0.15, 0.2) is 24.3 Å². The molecule has 0 bridgehead atoms. The van der Waals surface area contributed by atoms with Gasteiger partial charge in [0.25, 0.3) is 0 Å². The van der Waals surface area contributed by atoms with E-state index in [1.165, 1.54) is 0 Å². The van der Waals surface area contributed by atoms with Gasteiger partial charge in [0, 0.05) is 18.3 Å². The Kier molecular flexibility index (Phi) is 8.35. The molecule has 7 heteroatoms. The molecule has 1 radical (unpaired) electrons. The van der Waals surface area contributed by atoms with E-state index in [0.29, 0.717) is 12.2 Å². The van der Waals surface area contributed by atoms with Crippen LogP contribution in [-0.4, -0.2) is 26.4 Å². The number of urea groups is 1. The molecular weight excluding hydrogens is 302 g/mol. The molecule has 1 rings (SSSR count). The van der Waals surface area contributed by atoms with E-state index in [9.17, 15) is 13.2 Å². The van der Waals surface area contributed by atoms with Crippen LogP contribution in [0.1, 0.15) is 31.7 Å². The second kappa shape index (κ2) is 10.0. The SMILES string of the molecule is [CH2][C@@H](CCCC)NC(=O)NCc1cccc(NC[SH](=O)=O)c1. The summed E-state index contributed by atoms with van der Waals surface area (Å²) in [5.41, 5.74) is 1.59. The molecule has 0 heterocycles. The van der Waals surface area contributed by atoms with Crippen molar-refractivity contribution in [3.63, 3.8) is 0 Å². The molecule has 0 aliphatic rings. The molecule has 1 aromatic carbocycles. The Hall–Kier alpha value is -1.76. The summed E-state index contributed by atoms with van der Waals surface area (Å²) in [4.78, 5) is 11.7. The van der Waals surface area contributed by atoms with E-state index in [2.05, 4.69) is 29.8 Å². The summed E-state index contributed by atoms with van der Waals surface area (Å²) in [6.07, 6.45) is 2.96. The molecule has 22 heavy (non-hydrogen) atoms. The van der Waals surface area contributed by atoms with Gasteiger partial charge in [-0.25, -0.2) is 13.2 Å². The molecule has 0 aliphatic carbocycles. The molecule has 1 aromatic rings. The number of thiol groups is 1. The fourth-order valence-corrected chi connectivity index (χ4v) is 2.20. The van der Waals surface area contributed by atoms with Crippen molar-refractivity contribution in [1.29, 1.82) is 0 Å². The van der Waals surface area contributed by atoms with E-state index >= 15 is 0 Å². The van der Waals surface area contributed by atoms with Crippen LogP contribution in [0.5, 0.6) is 0 Å². The van der Waals surface area contributed by atoms with Gasteiger partial charge in [-0.1, -0.05) is 31.9 Å². The first-order chi connectivity index (χ1) is 10.5. The van der Waals surface area contributed by atoms with Crippen LogP contribution in [-0.2, 0) is 17.2 Å². The number of unbranched alkanes of at least 4 members (excludes halogenated alkanes) is 1. The molecule has 123 valence electrons. The Morgan fingerprint density at radius 3 is 2.82 bits per heavy atom. The summed E-state index contributed by atoms with van der Waals surface area (Å²) >= 11 is 0. The predicted octanol–water partition coefficient (Wildman–Crippen LogP) is 1.86. The Morgan fingerprint density at radius 1 is 1.36 bits per heavy atom. The molecule has 2 amide bonds. The minimum atomic E-state index is -2.47. The van der Waals surface area contributed by atoms with Crippen molar-refractivity contribution in [2.24, 2.45) is 0 Å². The van der Waals surface area contributed by atoms with Crippen molar-refractivity contribution in [1.82, 2.24) is 10.6 Å². The van der Waals surface area contributed by atoms with Crippen molar-refractivity contribution in [2.75, 3.05) is 11.2 Å². The average molecular weight is 326 g/mol. The van der Waals surface area contributed by atoms with Gasteiger partial charge in [-0.3, -0.25) is 0 Å². The fourth-order valence-electron chi connectivity index (χ4n) is 1.89. The van der Waals surface area contributed by atoms with Crippen LogP contribution < -0.4 is 16.0 Å². The molecule has 0 saturated heterocycles. The number of amides is 2. The maximum Gasteiger partial charge on any atom is 0.315 e. The first-order valence-corrected chi connectivity index (χ1v) is 8.69. The van der Waals surface area contributed by atoms with E-state index in [4.69, 9.17) is 0 Å². The van der Waals surface area contributed by atoms with Crippen LogP contribution >= 0.6 is 0 Å². The molecule has 1 atom stereocenters. The van der Waals surface area contributed by atoms with Crippen LogP contribution in [0.4, 0.5) is 10.5 Å². The molecule has 0 saturated carbocycles. The minimum Gasteiger partial charge on any atom is -0.372 e. The molecule has 0 unspecified atom stereocenters. The summed E-state index contributed by atoms with van der Waals surface area (Å²) < 4.78 is 21.1. The Morgan fingerprint density at radius 2 is 2.14 bits per heavy atom. The molecule has 0 fully saturated rings. The van der Waals surface area contributed by atoms with Crippen molar-refractivity contribution in [3.8, 4) is 0 Å². The maximum atomic E-state index is 11.7. The van der Waals surface area contributed by atoms with Gasteiger partial charge in [0.05, 0.1) is 0 Å². The third-order valence-corrected chi connectivity index (χ3v) is 3.45. The largest absolute Gasteiger partial charge is 0.372 e. The highest BCUT2D eigenvalue weighted by molar-refractivity contribution is 7.72. The lowest BCUT2D eigenvalue weighted by atomic mass is 10.1. The number of hydrogen-bond acceptors (Lipinski definition) is 4. The topological polar surface area (TPSA) is 87.3 Å². The van der Waals surface area contributed by atoms with Gasteiger partial charge in [0.1, 0.15) is 5.88 Å². The lowest BCUT2D eigenvalue weighted by Gasteiger charge is -2.14. The molecule has 3 N–H and O–H groups in total. The van der Waals surface area contributed by atoms with E-state index < -0.39 is 10.7 Å². The number of anilines is 1. The maximum absolute atomic E-state index is 11.7. The smallest absolute Gasteiger partial charge is 0.315 e. The third-order valence-electron chi connectivity index (χ3n) is 3.03. The highest BCUT2D eigenvalue weighted by atomic mass is 32.2. The second-order valence-corrected chi connectivity index (χ2v) is 6.02. The van der Waals surface area contributed by atoms with E-state index in [0.717, 1.165) is 24.8 Å². The van der Waals surface area contributed by atoms with E-state index in [-0.39, 0.29) is 17.9 Å². The minimum absolute atomic E-state index is 0.0960. The highest BCUT2D eigenvalue weighted by Crippen LogP contribution is 2.10. The van der Waals surface area contributed by atoms with Crippen LogP contribution in [0.25, 0.3) is 0 Å². The Bertz CT molecular complexity index is 539. The van der Waals surface area contributed by atoms with Crippen LogP contribution in [0, 0.1) is 6.92 Å². The summed E-state index contributed by atoms with van der Waals surface area (Å²) in [6.45, 7) is 6.35. The van der Waals surface area contributed by atoms with Gasteiger partial charge in [-0.15, -0.1) is 0 Å². The lowest BCUT2D eigenvalue weighted by Crippen LogP contribution is -2.40. The number of hydrogen-bond donors (Lipinski definition) is 4. The standard InChI is InChI=1S/C15H24N3O3S/c1-3-4-6-12(2)18-15(19)16-10-13-7-5-8-14(9-13)17-11-22(20)21/h5,7-9,12,17,22H,2-4,6,10-11H2,1H3,(H2,16,18,19)/t12-/m0/s1. The fraction of sp³-hybridized carbons (Fsp3) is 0.467. The zero-order chi connectivity index (χ0) is 16.4. The molecule has 0 aromatic heterocycles. The highest BCUT2D eigenvalue weighted by Gasteiger charge is 2.06. The van der Waals surface area contributed by atoms with Crippen molar-refractivity contribution < 1.29 is 13.2 Å². The Labute approximate surface area is 133 Å². The van der Waals surface area contributed by atoms with Gasteiger partial charge >= 0.3 is 6.03 Å².